The van der Waals surface area contributed by atoms with E-state index < -0.39 is 0 Å². The van der Waals surface area contributed by atoms with Gasteiger partial charge in [0.2, 0.25) is 5.82 Å². The predicted molar refractivity (Wildman–Crippen MR) is 76.8 cm³/mol. The standard InChI is InChI=1S/C13H12N8/c1-8-11-5-10(3-4-12(11)18-21(8)2)15-7-9(6-14)13-16-19-20-17-13/h3-5,7,15H,1-2H3,(H,16,17,19,20). The zero-order valence-corrected chi connectivity index (χ0v) is 11.5. The first-order valence-corrected chi connectivity index (χ1v) is 6.23. The molecule has 1 aromatic carbocycles. The Morgan fingerprint density at radius 1 is 1.48 bits per heavy atom. The number of nitriles is 1. The Labute approximate surface area is 120 Å². The summed E-state index contributed by atoms with van der Waals surface area (Å²) in [5.41, 5.74) is 3.17. The highest BCUT2D eigenvalue weighted by atomic mass is 15.5. The Morgan fingerprint density at radius 3 is 3.05 bits per heavy atom. The van der Waals surface area contributed by atoms with Gasteiger partial charge in [0.1, 0.15) is 11.6 Å². The van der Waals surface area contributed by atoms with Crippen molar-refractivity contribution in [3.8, 4) is 6.07 Å². The van der Waals surface area contributed by atoms with Gasteiger partial charge in [0.25, 0.3) is 0 Å². The van der Waals surface area contributed by atoms with Crippen molar-refractivity contribution in [2.75, 3.05) is 5.32 Å². The summed E-state index contributed by atoms with van der Waals surface area (Å²) in [5.74, 6) is 0.253. The number of nitrogens with zero attached hydrogens (tertiary/aromatic N) is 6. The lowest BCUT2D eigenvalue weighted by Gasteiger charge is -2.01. The first-order valence-electron chi connectivity index (χ1n) is 6.23. The molecule has 3 aromatic rings. The number of benzene rings is 1. The van der Waals surface area contributed by atoms with Crippen LogP contribution in [0.5, 0.6) is 0 Å². The first kappa shape index (κ1) is 12.8. The molecule has 0 saturated heterocycles. The molecule has 2 N–H and O–H groups in total. The number of nitrogens with one attached hydrogen (secondary N) is 2. The van der Waals surface area contributed by atoms with Gasteiger partial charge in [0.15, 0.2) is 0 Å². The lowest BCUT2D eigenvalue weighted by molar-refractivity contribution is 0.751. The third kappa shape index (κ3) is 2.32. The van der Waals surface area contributed by atoms with E-state index >= 15 is 0 Å². The molecule has 8 heteroatoms. The van der Waals surface area contributed by atoms with Crippen LogP contribution in [0.15, 0.2) is 24.4 Å². The number of tetrazole rings is 1. The average molecular weight is 280 g/mol. The maximum Gasteiger partial charge on any atom is 0.216 e. The Hall–Kier alpha value is -3.21. The van der Waals surface area contributed by atoms with Crippen molar-refractivity contribution in [3.05, 3.63) is 35.9 Å². The zero-order valence-electron chi connectivity index (χ0n) is 11.5. The van der Waals surface area contributed by atoms with Gasteiger partial charge in [-0.1, -0.05) is 0 Å². The van der Waals surface area contributed by atoms with Crippen LogP contribution in [0.3, 0.4) is 0 Å². The number of H-pyrrole nitrogens is 1. The van der Waals surface area contributed by atoms with Crippen LogP contribution in [0.2, 0.25) is 0 Å². The van der Waals surface area contributed by atoms with Crippen LogP contribution in [0.25, 0.3) is 16.5 Å². The molecule has 0 unspecified atom stereocenters. The second kappa shape index (κ2) is 5.05. The van der Waals surface area contributed by atoms with Crippen LogP contribution in [-0.2, 0) is 7.05 Å². The van der Waals surface area contributed by atoms with Crippen molar-refractivity contribution in [1.29, 1.82) is 5.26 Å². The summed E-state index contributed by atoms with van der Waals surface area (Å²) in [6, 6.07) is 7.84. The Kier molecular flexibility index (Phi) is 3.08. The number of fused-ring (bicyclic) bond motifs is 1. The SMILES string of the molecule is Cc1c2cc(NC=C(C#N)c3nn[nH]n3)ccc2nn1C. The van der Waals surface area contributed by atoms with E-state index in [1.54, 1.807) is 6.20 Å². The molecular weight excluding hydrogens is 268 g/mol. The van der Waals surface area contributed by atoms with Crippen molar-refractivity contribution in [3.63, 3.8) is 0 Å². The molecule has 0 aliphatic rings. The average Bonchev–Trinajstić information content (AvgIpc) is 3.10. The first-order chi connectivity index (χ1) is 10.2. The van der Waals surface area contributed by atoms with Gasteiger partial charge in [-0.15, -0.1) is 10.2 Å². The maximum atomic E-state index is 9.10. The van der Waals surface area contributed by atoms with Gasteiger partial charge in [-0.25, -0.2) is 0 Å². The predicted octanol–water partition coefficient (Wildman–Crippen LogP) is 1.37. The second-order valence-electron chi connectivity index (χ2n) is 4.49. The zero-order chi connectivity index (χ0) is 14.8. The monoisotopic (exact) mass is 280 g/mol. The lowest BCUT2D eigenvalue weighted by Crippen LogP contribution is -1.93. The molecule has 2 heterocycles. The Bertz CT molecular complexity index is 850. The molecule has 3 rings (SSSR count). The summed E-state index contributed by atoms with van der Waals surface area (Å²) in [7, 11) is 1.91. The molecule has 0 radical (unpaired) electrons. The molecule has 0 atom stereocenters. The molecule has 0 amide bonds. The number of hydrogen-bond acceptors (Lipinski definition) is 6. The molecule has 0 fully saturated rings. The fourth-order valence-corrected chi connectivity index (χ4v) is 1.99. The maximum absolute atomic E-state index is 9.10. The molecule has 0 saturated carbocycles. The van der Waals surface area contributed by atoms with E-state index in [4.69, 9.17) is 5.26 Å². The summed E-state index contributed by atoms with van der Waals surface area (Å²) in [5, 5.41) is 30.9. The van der Waals surface area contributed by atoms with Gasteiger partial charge in [0.05, 0.1) is 5.52 Å². The van der Waals surface area contributed by atoms with E-state index in [2.05, 4.69) is 31.0 Å². The van der Waals surface area contributed by atoms with Crippen molar-refractivity contribution < 1.29 is 0 Å². The normalized spacial score (nSPS) is 11.6. The Morgan fingerprint density at radius 2 is 2.33 bits per heavy atom. The Balaban J connectivity index is 1.91. The van der Waals surface area contributed by atoms with Crippen LogP contribution in [0.4, 0.5) is 5.69 Å². The molecule has 2 aromatic heterocycles. The van der Waals surface area contributed by atoms with E-state index in [-0.39, 0.29) is 5.82 Å². The molecule has 0 aliphatic carbocycles. The minimum atomic E-state index is 0.253. The van der Waals surface area contributed by atoms with Gasteiger partial charge >= 0.3 is 0 Å². The minimum Gasteiger partial charge on any atom is -0.360 e. The molecule has 8 nitrogen and oxygen atoms in total. The summed E-state index contributed by atoms with van der Waals surface area (Å²) >= 11 is 0. The highest BCUT2D eigenvalue weighted by molar-refractivity contribution is 5.85. The van der Waals surface area contributed by atoms with Crippen LogP contribution in [-0.4, -0.2) is 30.4 Å². The summed E-state index contributed by atoms with van der Waals surface area (Å²) in [4.78, 5) is 0. The number of hydrogen-bond donors (Lipinski definition) is 2. The molecule has 0 bridgehead atoms. The fourth-order valence-electron chi connectivity index (χ4n) is 1.99. The molecule has 0 aliphatic heterocycles. The fraction of sp³-hybridized carbons (Fsp3) is 0.154. The molecule has 21 heavy (non-hydrogen) atoms. The number of anilines is 1. The van der Waals surface area contributed by atoms with Crippen LogP contribution < -0.4 is 5.32 Å². The van der Waals surface area contributed by atoms with Crippen molar-refractivity contribution in [1.82, 2.24) is 30.4 Å². The molecule has 0 spiro atoms. The minimum absolute atomic E-state index is 0.253. The van der Waals surface area contributed by atoms with E-state index in [1.807, 2.05) is 42.9 Å². The van der Waals surface area contributed by atoms with Crippen molar-refractivity contribution in [2.45, 2.75) is 6.92 Å². The smallest absolute Gasteiger partial charge is 0.216 e. The number of aromatic nitrogens is 6. The van der Waals surface area contributed by atoms with Crippen LogP contribution in [0, 0.1) is 18.3 Å². The van der Waals surface area contributed by atoms with Gasteiger partial charge < -0.3 is 5.32 Å². The van der Waals surface area contributed by atoms with Crippen molar-refractivity contribution >= 4 is 22.2 Å². The number of aromatic amines is 1. The lowest BCUT2D eigenvalue weighted by atomic mass is 10.2. The van der Waals surface area contributed by atoms with Crippen LogP contribution in [0.1, 0.15) is 11.5 Å². The largest absolute Gasteiger partial charge is 0.360 e. The molecule has 104 valence electrons. The van der Waals surface area contributed by atoms with Gasteiger partial charge in [-0.2, -0.15) is 15.6 Å². The van der Waals surface area contributed by atoms with E-state index in [0.717, 1.165) is 22.3 Å². The molecular formula is C13H12N8. The number of rotatable bonds is 3. The third-order valence-electron chi connectivity index (χ3n) is 3.22. The topological polar surface area (TPSA) is 108 Å². The van der Waals surface area contributed by atoms with E-state index in [0.29, 0.717) is 5.57 Å². The highest BCUT2D eigenvalue weighted by Gasteiger charge is 2.07. The number of aryl methyl sites for hydroxylation is 2. The van der Waals surface area contributed by atoms with Crippen molar-refractivity contribution in [2.24, 2.45) is 7.05 Å². The highest BCUT2D eigenvalue weighted by Crippen LogP contribution is 2.21. The summed E-state index contributed by atoms with van der Waals surface area (Å²) in [6.07, 6.45) is 1.55. The second-order valence-corrected chi connectivity index (χ2v) is 4.49. The van der Waals surface area contributed by atoms with E-state index in [9.17, 15) is 0 Å². The summed E-state index contributed by atoms with van der Waals surface area (Å²) < 4.78 is 1.84. The summed E-state index contributed by atoms with van der Waals surface area (Å²) in [6.45, 7) is 2.01. The third-order valence-corrected chi connectivity index (χ3v) is 3.22. The van der Waals surface area contributed by atoms with E-state index in [1.165, 1.54) is 0 Å². The number of allylic oxidation sites excluding steroid dienone is 1. The van der Waals surface area contributed by atoms with Crippen LogP contribution >= 0.6 is 0 Å². The quantitative estimate of drug-likeness (QED) is 0.701. The van der Waals surface area contributed by atoms with Gasteiger partial charge in [-0.3, -0.25) is 4.68 Å². The van der Waals surface area contributed by atoms with Gasteiger partial charge in [-0.05, 0) is 30.3 Å². The van der Waals surface area contributed by atoms with Gasteiger partial charge in [0, 0.05) is 30.0 Å².